The molecule has 0 spiro atoms. The number of likely N-dealkylation sites (tertiary alicyclic amines) is 1. The molecule has 0 aromatic rings. The topological polar surface area (TPSA) is 74.3 Å². The van der Waals surface area contributed by atoms with Crippen LogP contribution in [0, 0.1) is 0 Å². The Morgan fingerprint density at radius 1 is 0.725 bits per heavy atom. The van der Waals surface area contributed by atoms with Crippen molar-refractivity contribution in [2.45, 2.75) is 136 Å². The SMILES string of the molecule is CC/C=C\CCCCOC(CCC(=O)OCCC(CC)OC(=O)CCCN1CCCC1)OCCCC/C=C\CC. The van der Waals surface area contributed by atoms with Crippen molar-refractivity contribution in [3.8, 4) is 0 Å². The summed E-state index contributed by atoms with van der Waals surface area (Å²) in [7, 11) is 0. The van der Waals surface area contributed by atoms with Crippen molar-refractivity contribution >= 4 is 11.9 Å². The van der Waals surface area contributed by atoms with Crippen molar-refractivity contribution in [3.05, 3.63) is 24.3 Å². The molecule has 1 unspecified atom stereocenters. The summed E-state index contributed by atoms with van der Waals surface area (Å²) >= 11 is 0. The molecule has 0 saturated carbocycles. The molecule has 40 heavy (non-hydrogen) atoms. The van der Waals surface area contributed by atoms with Gasteiger partial charge in [-0.15, -0.1) is 0 Å². The molecule has 1 atom stereocenters. The van der Waals surface area contributed by atoms with Gasteiger partial charge in [-0.25, -0.2) is 0 Å². The molecule has 1 aliphatic rings. The molecule has 0 aromatic heterocycles. The van der Waals surface area contributed by atoms with Gasteiger partial charge in [0.05, 0.1) is 13.0 Å². The van der Waals surface area contributed by atoms with Gasteiger partial charge in [0.25, 0.3) is 0 Å². The summed E-state index contributed by atoms with van der Waals surface area (Å²) in [5.74, 6) is -0.421. The number of allylic oxidation sites excluding steroid dienone is 4. The maximum absolute atomic E-state index is 12.4. The van der Waals surface area contributed by atoms with Crippen LogP contribution in [-0.4, -0.2) is 68.7 Å². The summed E-state index contributed by atoms with van der Waals surface area (Å²) in [5, 5.41) is 0. The van der Waals surface area contributed by atoms with E-state index in [0.29, 0.717) is 38.9 Å². The maximum Gasteiger partial charge on any atom is 0.306 e. The molecule has 0 aliphatic carbocycles. The fraction of sp³-hybridized carbons (Fsp3) is 0.818. The Balaban J connectivity index is 2.27. The van der Waals surface area contributed by atoms with Gasteiger partial charge in [0, 0.05) is 32.5 Å². The van der Waals surface area contributed by atoms with Crippen LogP contribution in [0.5, 0.6) is 0 Å². The van der Waals surface area contributed by atoms with Crippen molar-refractivity contribution in [3.63, 3.8) is 0 Å². The summed E-state index contributed by atoms with van der Waals surface area (Å²) in [5.41, 5.74) is 0. The Hall–Kier alpha value is -1.70. The van der Waals surface area contributed by atoms with Crippen molar-refractivity contribution in [1.29, 1.82) is 0 Å². The van der Waals surface area contributed by atoms with Gasteiger partial charge in [0.15, 0.2) is 6.29 Å². The molecule has 1 fully saturated rings. The van der Waals surface area contributed by atoms with E-state index in [1.54, 1.807) is 0 Å². The van der Waals surface area contributed by atoms with E-state index in [4.69, 9.17) is 18.9 Å². The predicted molar refractivity (Wildman–Crippen MR) is 162 cm³/mol. The average molecular weight is 566 g/mol. The van der Waals surface area contributed by atoms with Crippen LogP contribution in [0.25, 0.3) is 0 Å². The number of hydrogen-bond acceptors (Lipinski definition) is 7. The van der Waals surface area contributed by atoms with Crippen LogP contribution in [0.2, 0.25) is 0 Å². The molecule has 0 aromatic carbocycles. The highest BCUT2D eigenvalue weighted by atomic mass is 16.7. The highest BCUT2D eigenvalue weighted by molar-refractivity contribution is 5.70. The first-order valence-electron chi connectivity index (χ1n) is 16.2. The van der Waals surface area contributed by atoms with Crippen molar-refractivity contribution < 1.29 is 28.5 Å². The second-order valence-electron chi connectivity index (χ2n) is 10.6. The molecular formula is C33H59NO6. The molecule has 0 bridgehead atoms. The van der Waals surface area contributed by atoms with E-state index < -0.39 is 6.29 Å². The van der Waals surface area contributed by atoms with Gasteiger partial charge in [0.1, 0.15) is 6.10 Å². The molecule has 0 amide bonds. The minimum Gasteiger partial charge on any atom is -0.466 e. The fourth-order valence-corrected chi connectivity index (χ4v) is 4.60. The van der Waals surface area contributed by atoms with Gasteiger partial charge in [-0.1, -0.05) is 45.1 Å². The van der Waals surface area contributed by atoms with Crippen LogP contribution in [-0.2, 0) is 28.5 Å². The van der Waals surface area contributed by atoms with E-state index in [0.717, 1.165) is 77.4 Å². The molecule has 0 radical (unpaired) electrons. The lowest BCUT2D eigenvalue weighted by atomic mass is 10.2. The van der Waals surface area contributed by atoms with Crippen molar-refractivity contribution in [1.82, 2.24) is 4.90 Å². The monoisotopic (exact) mass is 565 g/mol. The average Bonchev–Trinajstić information content (AvgIpc) is 3.47. The van der Waals surface area contributed by atoms with E-state index in [2.05, 4.69) is 43.1 Å². The lowest BCUT2D eigenvalue weighted by Gasteiger charge is -2.19. The summed E-state index contributed by atoms with van der Waals surface area (Å²) < 4.78 is 23.0. The number of ether oxygens (including phenoxy) is 4. The van der Waals surface area contributed by atoms with Crippen LogP contribution in [0.3, 0.4) is 0 Å². The van der Waals surface area contributed by atoms with Gasteiger partial charge < -0.3 is 23.8 Å². The quantitative estimate of drug-likeness (QED) is 0.0464. The zero-order valence-electron chi connectivity index (χ0n) is 25.9. The van der Waals surface area contributed by atoms with Gasteiger partial charge in [-0.2, -0.15) is 0 Å². The number of esters is 2. The van der Waals surface area contributed by atoms with Crippen molar-refractivity contribution in [2.24, 2.45) is 0 Å². The maximum atomic E-state index is 12.4. The number of carbonyl (C=O) groups excluding carboxylic acids is 2. The van der Waals surface area contributed by atoms with Gasteiger partial charge in [0.2, 0.25) is 0 Å². The van der Waals surface area contributed by atoms with E-state index in [1.807, 2.05) is 6.92 Å². The Morgan fingerprint density at radius 2 is 1.35 bits per heavy atom. The number of rotatable bonds is 26. The third-order valence-corrected chi connectivity index (χ3v) is 7.04. The Kier molecular flexibility index (Phi) is 23.8. The summed E-state index contributed by atoms with van der Waals surface area (Å²) in [6.45, 7) is 11.0. The summed E-state index contributed by atoms with van der Waals surface area (Å²) in [6, 6.07) is 0. The minimum absolute atomic E-state index is 0.155. The molecule has 7 heteroatoms. The second-order valence-corrected chi connectivity index (χ2v) is 10.6. The Bertz CT molecular complexity index is 650. The summed E-state index contributed by atoms with van der Waals surface area (Å²) in [6.07, 6.45) is 22.3. The van der Waals surface area contributed by atoms with Gasteiger partial charge >= 0.3 is 11.9 Å². The van der Waals surface area contributed by atoms with Crippen LogP contribution < -0.4 is 0 Å². The zero-order valence-corrected chi connectivity index (χ0v) is 25.9. The zero-order chi connectivity index (χ0) is 29.1. The molecule has 1 rings (SSSR count). The van der Waals surface area contributed by atoms with E-state index in [-0.39, 0.29) is 31.1 Å². The Labute approximate surface area is 245 Å². The third kappa shape index (κ3) is 21.1. The normalized spacial score (nSPS) is 15.0. The van der Waals surface area contributed by atoms with E-state index >= 15 is 0 Å². The second kappa shape index (κ2) is 26.2. The van der Waals surface area contributed by atoms with Gasteiger partial charge in [-0.3, -0.25) is 9.59 Å². The molecule has 7 nitrogen and oxygen atoms in total. The fourth-order valence-electron chi connectivity index (χ4n) is 4.60. The lowest BCUT2D eigenvalue weighted by molar-refractivity contribution is -0.160. The molecule has 1 saturated heterocycles. The number of carbonyl (C=O) groups is 2. The standard InChI is InChI=1S/C33H59NO6/c1-4-7-9-11-13-17-27-38-33(39-28-18-14-12-10-8-5-2)22-21-31(35)37-29-23-30(6-3)40-32(36)20-19-26-34-24-15-16-25-34/h7-10,30,33H,4-6,11-29H2,1-3H3/b9-7-,10-8-. The first-order valence-corrected chi connectivity index (χ1v) is 16.2. The summed E-state index contributed by atoms with van der Waals surface area (Å²) in [4.78, 5) is 27.0. The number of unbranched alkanes of at least 4 members (excludes halogenated alkanes) is 4. The van der Waals surface area contributed by atoms with Crippen LogP contribution in [0.15, 0.2) is 24.3 Å². The highest BCUT2D eigenvalue weighted by Crippen LogP contribution is 2.13. The highest BCUT2D eigenvalue weighted by Gasteiger charge is 2.17. The number of nitrogens with zero attached hydrogens (tertiary/aromatic N) is 1. The van der Waals surface area contributed by atoms with Crippen LogP contribution in [0.4, 0.5) is 0 Å². The predicted octanol–water partition coefficient (Wildman–Crippen LogP) is 7.53. The smallest absolute Gasteiger partial charge is 0.306 e. The van der Waals surface area contributed by atoms with Gasteiger partial charge in [-0.05, 0) is 96.7 Å². The van der Waals surface area contributed by atoms with Crippen LogP contribution in [0.1, 0.15) is 124 Å². The molecule has 1 heterocycles. The minimum atomic E-state index is -0.394. The largest absolute Gasteiger partial charge is 0.466 e. The van der Waals surface area contributed by atoms with E-state index in [9.17, 15) is 9.59 Å². The molecular weight excluding hydrogens is 506 g/mol. The number of hydrogen-bond donors (Lipinski definition) is 0. The van der Waals surface area contributed by atoms with Crippen LogP contribution >= 0.6 is 0 Å². The first kappa shape index (κ1) is 36.3. The lowest BCUT2D eigenvalue weighted by Crippen LogP contribution is -2.24. The Morgan fingerprint density at radius 3 is 1.93 bits per heavy atom. The molecule has 0 N–H and O–H groups in total. The molecule has 232 valence electrons. The third-order valence-electron chi connectivity index (χ3n) is 7.04. The first-order chi connectivity index (χ1) is 19.6. The molecule has 1 aliphatic heterocycles. The van der Waals surface area contributed by atoms with Crippen molar-refractivity contribution in [2.75, 3.05) is 39.5 Å². The van der Waals surface area contributed by atoms with E-state index in [1.165, 1.54) is 12.8 Å².